The number of thiophene rings is 1. The van der Waals surface area contributed by atoms with E-state index in [1.54, 1.807) is 11.3 Å². The van der Waals surface area contributed by atoms with E-state index in [0.29, 0.717) is 5.78 Å². The summed E-state index contributed by atoms with van der Waals surface area (Å²) in [5.74, 6) is 0.404. The minimum absolute atomic E-state index is 0.404. The Morgan fingerprint density at radius 3 is 2.67 bits per heavy atom. The lowest BCUT2D eigenvalue weighted by Gasteiger charge is -2.26. The molecule has 3 heteroatoms. The van der Waals surface area contributed by atoms with Crippen LogP contribution in [0.25, 0.3) is 0 Å². The second-order valence-electron chi connectivity index (χ2n) is 3.01. The molecule has 1 fully saturated rings. The molecular formula is C9H11NOS. The van der Waals surface area contributed by atoms with Crippen molar-refractivity contribution in [3.05, 3.63) is 16.8 Å². The molecule has 1 saturated heterocycles. The quantitative estimate of drug-likeness (QED) is 0.659. The van der Waals surface area contributed by atoms with Crippen LogP contribution < -0.4 is 4.90 Å². The second-order valence-corrected chi connectivity index (χ2v) is 3.79. The Hall–Kier alpha value is -0.830. The Morgan fingerprint density at radius 1 is 1.33 bits per heavy atom. The lowest BCUT2D eigenvalue weighted by molar-refractivity contribution is -0.119. The molecule has 0 spiro atoms. The number of ketones is 1. The topological polar surface area (TPSA) is 20.3 Å². The molecule has 2 nitrogen and oxygen atoms in total. The SMILES string of the molecule is O=C1CCN(c2ccsc2)CC1. The molecule has 64 valence electrons. The summed E-state index contributed by atoms with van der Waals surface area (Å²) >= 11 is 1.71. The van der Waals surface area contributed by atoms with Gasteiger partial charge in [0.05, 0.1) is 0 Å². The summed E-state index contributed by atoms with van der Waals surface area (Å²) < 4.78 is 0. The Labute approximate surface area is 75.8 Å². The highest BCUT2D eigenvalue weighted by Gasteiger charge is 2.15. The summed E-state index contributed by atoms with van der Waals surface area (Å²) in [6.45, 7) is 1.80. The van der Waals surface area contributed by atoms with Crippen LogP contribution in [-0.2, 0) is 4.79 Å². The van der Waals surface area contributed by atoms with E-state index >= 15 is 0 Å². The van der Waals surface area contributed by atoms with E-state index in [4.69, 9.17) is 0 Å². The lowest BCUT2D eigenvalue weighted by Crippen LogP contribution is -2.33. The number of carbonyl (C=O) groups is 1. The normalized spacial score (nSPS) is 18.3. The van der Waals surface area contributed by atoms with Crippen LogP contribution in [0.15, 0.2) is 16.8 Å². The first-order valence-electron chi connectivity index (χ1n) is 4.15. The molecule has 1 aromatic heterocycles. The molecule has 2 heterocycles. The second kappa shape index (κ2) is 3.27. The number of hydrogen-bond donors (Lipinski definition) is 0. The molecular weight excluding hydrogens is 170 g/mol. The van der Waals surface area contributed by atoms with E-state index in [-0.39, 0.29) is 0 Å². The minimum Gasteiger partial charge on any atom is -0.370 e. The van der Waals surface area contributed by atoms with Crippen LogP contribution in [0, 0.1) is 0 Å². The first kappa shape index (κ1) is 7.80. The van der Waals surface area contributed by atoms with Gasteiger partial charge in [0.2, 0.25) is 0 Å². The number of hydrogen-bond acceptors (Lipinski definition) is 3. The number of nitrogens with zero attached hydrogens (tertiary/aromatic N) is 1. The van der Waals surface area contributed by atoms with Gasteiger partial charge in [0.25, 0.3) is 0 Å². The van der Waals surface area contributed by atoms with Crippen LogP contribution in [0.3, 0.4) is 0 Å². The van der Waals surface area contributed by atoms with Crippen LogP contribution in [0.1, 0.15) is 12.8 Å². The van der Waals surface area contributed by atoms with Crippen molar-refractivity contribution in [2.45, 2.75) is 12.8 Å². The fourth-order valence-electron chi connectivity index (χ4n) is 1.45. The molecule has 0 radical (unpaired) electrons. The maximum absolute atomic E-state index is 11.0. The zero-order chi connectivity index (χ0) is 8.39. The van der Waals surface area contributed by atoms with Crippen LogP contribution in [0.4, 0.5) is 5.69 Å². The zero-order valence-corrected chi connectivity index (χ0v) is 7.64. The van der Waals surface area contributed by atoms with Crippen molar-refractivity contribution >= 4 is 22.8 Å². The molecule has 2 rings (SSSR count). The molecule has 0 aromatic carbocycles. The Bertz CT molecular complexity index is 258. The number of anilines is 1. The predicted molar refractivity (Wildman–Crippen MR) is 50.8 cm³/mol. The van der Waals surface area contributed by atoms with E-state index in [2.05, 4.69) is 21.7 Å². The summed E-state index contributed by atoms with van der Waals surface area (Å²) in [5, 5.41) is 4.21. The fourth-order valence-corrected chi connectivity index (χ4v) is 2.12. The van der Waals surface area contributed by atoms with Crippen LogP contribution in [0.2, 0.25) is 0 Å². The van der Waals surface area contributed by atoms with Gasteiger partial charge in [-0.1, -0.05) is 0 Å². The largest absolute Gasteiger partial charge is 0.370 e. The van der Waals surface area contributed by atoms with Crippen molar-refractivity contribution in [1.29, 1.82) is 0 Å². The molecule has 0 atom stereocenters. The molecule has 0 amide bonds. The minimum atomic E-state index is 0.404. The first-order chi connectivity index (χ1) is 5.86. The van der Waals surface area contributed by atoms with Crippen molar-refractivity contribution in [3.63, 3.8) is 0 Å². The summed E-state index contributed by atoms with van der Waals surface area (Å²) in [6.07, 6.45) is 1.44. The van der Waals surface area contributed by atoms with Gasteiger partial charge in [0.1, 0.15) is 5.78 Å². The summed E-state index contributed by atoms with van der Waals surface area (Å²) in [4.78, 5) is 13.2. The van der Waals surface area contributed by atoms with Gasteiger partial charge in [0.15, 0.2) is 0 Å². The van der Waals surface area contributed by atoms with Crippen molar-refractivity contribution in [2.75, 3.05) is 18.0 Å². The van der Waals surface area contributed by atoms with Crippen molar-refractivity contribution in [1.82, 2.24) is 0 Å². The lowest BCUT2D eigenvalue weighted by atomic mass is 10.1. The van der Waals surface area contributed by atoms with Gasteiger partial charge >= 0.3 is 0 Å². The van der Waals surface area contributed by atoms with E-state index < -0.39 is 0 Å². The molecule has 0 saturated carbocycles. The van der Waals surface area contributed by atoms with Gasteiger partial charge in [-0.15, -0.1) is 0 Å². The third-order valence-corrected chi connectivity index (χ3v) is 2.86. The van der Waals surface area contributed by atoms with E-state index in [9.17, 15) is 4.79 Å². The van der Waals surface area contributed by atoms with Gasteiger partial charge < -0.3 is 4.90 Å². The van der Waals surface area contributed by atoms with Gasteiger partial charge in [-0.25, -0.2) is 0 Å². The average Bonchev–Trinajstić information content (AvgIpc) is 2.58. The predicted octanol–water partition coefficient (Wildman–Crippen LogP) is 1.92. The molecule has 0 aliphatic carbocycles. The summed E-state index contributed by atoms with van der Waals surface area (Å²) in [7, 11) is 0. The number of piperidine rings is 1. The maximum Gasteiger partial charge on any atom is 0.136 e. The number of carbonyl (C=O) groups excluding carboxylic acids is 1. The van der Waals surface area contributed by atoms with Crippen LogP contribution in [-0.4, -0.2) is 18.9 Å². The molecule has 1 aromatic rings. The van der Waals surface area contributed by atoms with Crippen LogP contribution in [0.5, 0.6) is 0 Å². The molecule has 12 heavy (non-hydrogen) atoms. The summed E-state index contributed by atoms with van der Waals surface area (Å²) in [5.41, 5.74) is 1.27. The highest BCUT2D eigenvalue weighted by atomic mass is 32.1. The molecule has 1 aliphatic heterocycles. The highest BCUT2D eigenvalue weighted by Crippen LogP contribution is 2.20. The standard InChI is InChI=1S/C9H11NOS/c11-9-1-4-10(5-2-9)8-3-6-12-7-8/h3,6-7H,1-2,4-5H2. The highest BCUT2D eigenvalue weighted by molar-refractivity contribution is 7.08. The average molecular weight is 181 g/mol. The Balaban J connectivity index is 2.03. The Kier molecular flexibility index (Phi) is 2.13. The van der Waals surface area contributed by atoms with Crippen molar-refractivity contribution in [2.24, 2.45) is 0 Å². The molecule has 0 N–H and O–H groups in total. The smallest absolute Gasteiger partial charge is 0.136 e. The Morgan fingerprint density at radius 2 is 2.08 bits per heavy atom. The van der Waals surface area contributed by atoms with Crippen molar-refractivity contribution < 1.29 is 4.79 Å². The number of rotatable bonds is 1. The first-order valence-corrected chi connectivity index (χ1v) is 5.09. The van der Waals surface area contributed by atoms with Gasteiger partial charge in [-0.3, -0.25) is 4.79 Å². The maximum atomic E-state index is 11.0. The molecule has 1 aliphatic rings. The molecule has 0 unspecified atom stereocenters. The summed E-state index contributed by atoms with van der Waals surface area (Å²) in [6, 6.07) is 2.11. The van der Waals surface area contributed by atoms with Crippen molar-refractivity contribution in [3.8, 4) is 0 Å². The van der Waals surface area contributed by atoms with Crippen LogP contribution >= 0.6 is 11.3 Å². The molecule has 0 bridgehead atoms. The number of Topliss-reactive ketones (excluding diaryl/α,β-unsaturated/α-hetero) is 1. The van der Waals surface area contributed by atoms with E-state index in [1.165, 1.54) is 5.69 Å². The van der Waals surface area contributed by atoms with E-state index in [0.717, 1.165) is 25.9 Å². The third-order valence-electron chi connectivity index (χ3n) is 2.19. The van der Waals surface area contributed by atoms with Gasteiger partial charge in [-0.2, -0.15) is 11.3 Å². The monoisotopic (exact) mass is 181 g/mol. The van der Waals surface area contributed by atoms with Gasteiger partial charge in [0, 0.05) is 37.0 Å². The van der Waals surface area contributed by atoms with E-state index in [1.807, 2.05) is 0 Å². The van der Waals surface area contributed by atoms with Gasteiger partial charge in [-0.05, 0) is 11.4 Å². The zero-order valence-electron chi connectivity index (χ0n) is 6.82. The third kappa shape index (κ3) is 1.50. The fraction of sp³-hybridized carbons (Fsp3) is 0.444.